The predicted molar refractivity (Wildman–Crippen MR) is 102 cm³/mol. The zero-order valence-corrected chi connectivity index (χ0v) is 15.8. The van der Waals surface area contributed by atoms with Crippen LogP contribution in [0.3, 0.4) is 0 Å². The Bertz CT molecular complexity index is 1220. The van der Waals surface area contributed by atoms with Crippen LogP contribution in [0, 0.1) is 5.82 Å². The molecule has 0 atom stereocenters. The van der Waals surface area contributed by atoms with E-state index in [1.54, 1.807) is 0 Å². The fourth-order valence-corrected chi connectivity index (χ4v) is 5.74. The maximum atomic E-state index is 13.2. The van der Waals surface area contributed by atoms with Crippen molar-refractivity contribution in [2.45, 2.75) is 4.90 Å². The standard InChI is InChI=1S/C17H10BrFN2O2S2/c18-13-9-11(19)6-8-15(13)25(22,23)21-17-20-16-12-4-2-1-3-10(12)5-7-14(16)24-17/h1-9H,(H,20,21). The Morgan fingerprint density at radius 1 is 1.08 bits per heavy atom. The van der Waals surface area contributed by atoms with Gasteiger partial charge in [-0.3, -0.25) is 4.72 Å². The lowest BCUT2D eigenvalue weighted by atomic mass is 10.1. The summed E-state index contributed by atoms with van der Waals surface area (Å²) in [5.74, 6) is -0.516. The van der Waals surface area contributed by atoms with Crippen molar-refractivity contribution in [3.63, 3.8) is 0 Å². The molecule has 4 nitrogen and oxygen atoms in total. The molecule has 3 aromatic carbocycles. The van der Waals surface area contributed by atoms with Crippen LogP contribution in [0.4, 0.5) is 9.52 Å². The van der Waals surface area contributed by atoms with E-state index in [1.807, 2.05) is 36.4 Å². The molecule has 1 N–H and O–H groups in total. The number of nitrogens with zero attached hydrogens (tertiary/aromatic N) is 1. The number of thiazole rings is 1. The van der Waals surface area contributed by atoms with E-state index in [4.69, 9.17) is 0 Å². The van der Waals surface area contributed by atoms with Gasteiger partial charge in [-0.25, -0.2) is 17.8 Å². The van der Waals surface area contributed by atoms with E-state index in [0.717, 1.165) is 33.1 Å². The second-order valence-electron chi connectivity index (χ2n) is 5.33. The lowest BCUT2D eigenvalue weighted by Gasteiger charge is -2.07. The molecule has 0 aliphatic carbocycles. The van der Waals surface area contributed by atoms with Gasteiger partial charge in [-0.2, -0.15) is 0 Å². The van der Waals surface area contributed by atoms with Crippen LogP contribution in [0.15, 0.2) is 64.0 Å². The summed E-state index contributed by atoms with van der Waals surface area (Å²) in [6.45, 7) is 0. The van der Waals surface area contributed by atoms with Gasteiger partial charge in [0.05, 0.1) is 10.2 Å². The molecule has 0 bridgehead atoms. The second kappa shape index (κ2) is 6.05. The molecule has 25 heavy (non-hydrogen) atoms. The van der Waals surface area contributed by atoms with E-state index in [9.17, 15) is 12.8 Å². The third kappa shape index (κ3) is 3.01. The van der Waals surface area contributed by atoms with Crippen molar-refractivity contribution in [2.24, 2.45) is 0 Å². The van der Waals surface area contributed by atoms with Crippen LogP contribution in [0.5, 0.6) is 0 Å². The molecule has 0 aliphatic heterocycles. The number of sulfonamides is 1. The number of halogens is 2. The van der Waals surface area contributed by atoms with Gasteiger partial charge in [-0.1, -0.05) is 41.7 Å². The SMILES string of the molecule is O=S(=O)(Nc1nc2c(ccc3ccccc32)s1)c1ccc(F)cc1Br. The molecule has 0 fully saturated rings. The molecule has 4 aromatic rings. The number of hydrogen-bond donors (Lipinski definition) is 1. The second-order valence-corrected chi connectivity index (χ2v) is 8.87. The van der Waals surface area contributed by atoms with Gasteiger partial charge in [0.15, 0.2) is 5.13 Å². The molecule has 0 saturated carbocycles. The Morgan fingerprint density at radius 3 is 2.68 bits per heavy atom. The summed E-state index contributed by atoms with van der Waals surface area (Å²) < 4.78 is 41.9. The summed E-state index contributed by atoms with van der Waals surface area (Å²) in [6.07, 6.45) is 0. The van der Waals surface area contributed by atoms with Gasteiger partial charge in [-0.05, 0) is 45.6 Å². The third-order valence-corrected chi connectivity index (χ3v) is 7.07. The van der Waals surface area contributed by atoms with Crippen molar-refractivity contribution in [2.75, 3.05) is 4.72 Å². The number of nitrogens with one attached hydrogen (secondary N) is 1. The van der Waals surface area contributed by atoms with E-state index < -0.39 is 15.8 Å². The van der Waals surface area contributed by atoms with Gasteiger partial charge in [0, 0.05) is 9.86 Å². The van der Waals surface area contributed by atoms with Crippen LogP contribution >= 0.6 is 27.3 Å². The Balaban J connectivity index is 1.78. The Morgan fingerprint density at radius 2 is 1.88 bits per heavy atom. The average molecular weight is 437 g/mol. The normalized spacial score (nSPS) is 11.9. The van der Waals surface area contributed by atoms with Crippen molar-refractivity contribution in [1.82, 2.24) is 4.98 Å². The number of aromatic nitrogens is 1. The van der Waals surface area contributed by atoms with Crippen LogP contribution in [0.1, 0.15) is 0 Å². The lowest BCUT2D eigenvalue weighted by Crippen LogP contribution is -2.13. The van der Waals surface area contributed by atoms with Gasteiger partial charge in [-0.15, -0.1) is 0 Å². The summed E-state index contributed by atoms with van der Waals surface area (Å²) in [6, 6.07) is 15.1. The van der Waals surface area contributed by atoms with Crippen molar-refractivity contribution in [3.05, 3.63) is 64.9 Å². The number of rotatable bonds is 3. The summed E-state index contributed by atoms with van der Waals surface area (Å²) in [7, 11) is -3.88. The topological polar surface area (TPSA) is 59.1 Å². The van der Waals surface area contributed by atoms with E-state index >= 15 is 0 Å². The monoisotopic (exact) mass is 436 g/mol. The fraction of sp³-hybridized carbons (Fsp3) is 0. The molecule has 0 saturated heterocycles. The molecule has 1 aromatic heterocycles. The fourth-order valence-electron chi connectivity index (χ4n) is 2.57. The molecule has 0 unspecified atom stereocenters. The highest BCUT2D eigenvalue weighted by Gasteiger charge is 2.20. The molecular weight excluding hydrogens is 427 g/mol. The van der Waals surface area contributed by atoms with Crippen LogP contribution in [0.25, 0.3) is 21.0 Å². The first kappa shape index (κ1) is 16.4. The van der Waals surface area contributed by atoms with E-state index in [2.05, 4.69) is 25.6 Å². The summed E-state index contributed by atoms with van der Waals surface area (Å²) in [5, 5.41) is 2.27. The minimum Gasteiger partial charge on any atom is -0.255 e. The summed E-state index contributed by atoms with van der Waals surface area (Å²) in [5.41, 5.74) is 0.749. The highest BCUT2D eigenvalue weighted by molar-refractivity contribution is 9.10. The average Bonchev–Trinajstić information content (AvgIpc) is 2.96. The Kier molecular flexibility index (Phi) is 3.98. The minimum atomic E-state index is -3.88. The third-order valence-electron chi connectivity index (χ3n) is 3.69. The van der Waals surface area contributed by atoms with E-state index in [-0.39, 0.29) is 14.5 Å². The van der Waals surface area contributed by atoms with Gasteiger partial charge < -0.3 is 0 Å². The quantitative estimate of drug-likeness (QED) is 0.482. The maximum Gasteiger partial charge on any atom is 0.264 e. The van der Waals surface area contributed by atoms with Crippen LogP contribution in [0.2, 0.25) is 0 Å². The van der Waals surface area contributed by atoms with Crippen molar-refractivity contribution in [3.8, 4) is 0 Å². The summed E-state index contributed by atoms with van der Waals surface area (Å²) in [4.78, 5) is 4.39. The highest BCUT2D eigenvalue weighted by atomic mass is 79.9. The first-order valence-electron chi connectivity index (χ1n) is 7.20. The Hall–Kier alpha value is -2.03. The van der Waals surface area contributed by atoms with Gasteiger partial charge in [0.2, 0.25) is 0 Å². The molecule has 0 radical (unpaired) electrons. The molecule has 4 rings (SSSR count). The molecule has 0 aliphatic rings. The highest BCUT2D eigenvalue weighted by Crippen LogP contribution is 2.33. The molecule has 1 heterocycles. The smallest absolute Gasteiger partial charge is 0.255 e. The number of fused-ring (bicyclic) bond motifs is 3. The zero-order valence-electron chi connectivity index (χ0n) is 12.5. The summed E-state index contributed by atoms with van der Waals surface area (Å²) >= 11 is 4.34. The van der Waals surface area contributed by atoms with E-state index in [1.165, 1.54) is 17.4 Å². The van der Waals surface area contributed by atoms with Crippen LogP contribution in [-0.4, -0.2) is 13.4 Å². The Labute approximate surface area is 155 Å². The first-order valence-corrected chi connectivity index (χ1v) is 10.3. The largest absolute Gasteiger partial charge is 0.264 e. The zero-order chi connectivity index (χ0) is 17.6. The van der Waals surface area contributed by atoms with Crippen molar-refractivity contribution < 1.29 is 12.8 Å². The van der Waals surface area contributed by atoms with Gasteiger partial charge in [0.1, 0.15) is 10.7 Å². The van der Waals surface area contributed by atoms with Crippen LogP contribution < -0.4 is 4.72 Å². The van der Waals surface area contributed by atoms with E-state index in [0.29, 0.717) is 0 Å². The molecule has 126 valence electrons. The number of hydrogen-bond acceptors (Lipinski definition) is 4. The first-order chi connectivity index (χ1) is 11.9. The maximum absolute atomic E-state index is 13.2. The molecule has 8 heteroatoms. The van der Waals surface area contributed by atoms with Gasteiger partial charge in [0.25, 0.3) is 10.0 Å². The van der Waals surface area contributed by atoms with Gasteiger partial charge >= 0.3 is 0 Å². The van der Waals surface area contributed by atoms with Crippen molar-refractivity contribution >= 4 is 63.4 Å². The predicted octanol–water partition coefficient (Wildman–Crippen LogP) is 5.15. The molecule has 0 spiro atoms. The van der Waals surface area contributed by atoms with Crippen LogP contribution in [-0.2, 0) is 10.0 Å². The molecular formula is C17H10BrFN2O2S2. The minimum absolute atomic E-state index is 0.0435. The van der Waals surface area contributed by atoms with Crippen molar-refractivity contribution in [1.29, 1.82) is 0 Å². The lowest BCUT2D eigenvalue weighted by molar-refractivity contribution is 0.599. The number of anilines is 1. The number of benzene rings is 3. The molecule has 0 amide bonds.